The predicted octanol–water partition coefficient (Wildman–Crippen LogP) is 2.50. The molecule has 0 spiro atoms. The second-order valence-corrected chi connectivity index (χ2v) is 8.90. The van der Waals surface area contributed by atoms with Crippen molar-refractivity contribution < 1.29 is 16.8 Å². The highest BCUT2D eigenvalue weighted by Gasteiger charge is 2.19. The van der Waals surface area contributed by atoms with Gasteiger partial charge in [0.05, 0.1) is 10.6 Å². The number of halogens is 1. The third-order valence-electron chi connectivity index (χ3n) is 2.55. The molecule has 0 saturated carbocycles. The predicted molar refractivity (Wildman–Crippen MR) is 76.7 cm³/mol. The summed E-state index contributed by atoms with van der Waals surface area (Å²) in [6.07, 6.45) is 0. The van der Waals surface area contributed by atoms with E-state index in [0.717, 1.165) is 0 Å². The fourth-order valence-electron chi connectivity index (χ4n) is 1.54. The molecular weight excluding hydrogens is 310 g/mol. The van der Waals surface area contributed by atoms with Gasteiger partial charge in [0.25, 0.3) is 9.05 Å². The quantitative estimate of drug-likeness (QED) is 0.843. The van der Waals surface area contributed by atoms with Gasteiger partial charge in [0.15, 0.2) is 0 Å². The Morgan fingerprint density at radius 2 is 1.79 bits per heavy atom. The van der Waals surface area contributed by atoms with Crippen molar-refractivity contribution in [3.63, 3.8) is 0 Å². The van der Waals surface area contributed by atoms with E-state index in [2.05, 4.69) is 4.72 Å². The summed E-state index contributed by atoms with van der Waals surface area (Å²) in [6, 6.07) is 4.19. The molecule has 0 amide bonds. The molecule has 0 aromatic heterocycles. The van der Waals surface area contributed by atoms with E-state index in [1.807, 2.05) is 0 Å². The Hall–Kier alpha value is -0.790. The highest BCUT2D eigenvalue weighted by atomic mass is 35.7. The van der Waals surface area contributed by atoms with Crippen LogP contribution >= 0.6 is 10.7 Å². The lowest BCUT2D eigenvalue weighted by atomic mass is 10.0. The van der Waals surface area contributed by atoms with Crippen LogP contribution in [0.5, 0.6) is 0 Å². The van der Waals surface area contributed by atoms with Crippen LogP contribution in [0.1, 0.15) is 32.3 Å². The van der Waals surface area contributed by atoms with E-state index >= 15 is 0 Å². The summed E-state index contributed by atoms with van der Waals surface area (Å²) in [5.74, 6) is -0.158. The third kappa shape index (κ3) is 4.36. The van der Waals surface area contributed by atoms with Gasteiger partial charge in [-0.05, 0) is 36.6 Å². The van der Waals surface area contributed by atoms with Crippen LogP contribution in [-0.2, 0) is 19.1 Å². The number of hydrogen-bond acceptors (Lipinski definition) is 4. The maximum absolute atomic E-state index is 11.5. The monoisotopic (exact) mass is 325 g/mol. The second kappa shape index (κ2) is 5.68. The normalized spacial score (nSPS) is 12.7. The van der Waals surface area contributed by atoms with Crippen molar-refractivity contribution in [3.8, 4) is 0 Å². The fourth-order valence-corrected chi connectivity index (χ4v) is 3.40. The molecule has 0 aliphatic heterocycles. The average Bonchev–Trinajstić information content (AvgIpc) is 2.26. The van der Waals surface area contributed by atoms with E-state index in [-0.39, 0.29) is 16.6 Å². The maximum Gasteiger partial charge on any atom is 0.261 e. The SMILES string of the molecule is CCS(=O)(=O)Nc1ccc(S(=O)(=O)Cl)c(C(C)C)c1. The summed E-state index contributed by atoms with van der Waals surface area (Å²) < 4.78 is 48.2. The average molecular weight is 326 g/mol. The molecule has 0 radical (unpaired) electrons. The molecule has 1 aromatic rings. The van der Waals surface area contributed by atoms with Gasteiger partial charge in [-0.15, -0.1) is 0 Å². The van der Waals surface area contributed by atoms with Crippen LogP contribution in [-0.4, -0.2) is 22.6 Å². The molecule has 0 fully saturated rings. The maximum atomic E-state index is 11.5. The lowest BCUT2D eigenvalue weighted by molar-refractivity contribution is 0.602. The summed E-state index contributed by atoms with van der Waals surface area (Å²) >= 11 is 0. The summed E-state index contributed by atoms with van der Waals surface area (Å²) in [5, 5.41) is 0. The Kier molecular flexibility index (Phi) is 4.86. The molecule has 8 heteroatoms. The van der Waals surface area contributed by atoms with Crippen molar-refractivity contribution >= 4 is 35.4 Å². The van der Waals surface area contributed by atoms with Crippen molar-refractivity contribution in [1.29, 1.82) is 0 Å². The van der Waals surface area contributed by atoms with Gasteiger partial charge in [-0.25, -0.2) is 16.8 Å². The van der Waals surface area contributed by atoms with Crippen molar-refractivity contribution in [3.05, 3.63) is 23.8 Å². The Morgan fingerprint density at radius 3 is 2.21 bits per heavy atom. The molecule has 108 valence electrons. The zero-order valence-electron chi connectivity index (χ0n) is 10.8. The van der Waals surface area contributed by atoms with E-state index < -0.39 is 19.1 Å². The largest absolute Gasteiger partial charge is 0.284 e. The zero-order valence-corrected chi connectivity index (χ0v) is 13.2. The number of nitrogens with one attached hydrogen (secondary N) is 1. The van der Waals surface area contributed by atoms with Gasteiger partial charge >= 0.3 is 0 Å². The number of hydrogen-bond donors (Lipinski definition) is 1. The molecule has 0 atom stereocenters. The zero-order chi connectivity index (χ0) is 14.8. The number of anilines is 1. The summed E-state index contributed by atoms with van der Waals surface area (Å²) in [5.41, 5.74) is 0.806. The second-order valence-electron chi connectivity index (χ2n) is 4.35. The number of sulfonamides is 1. The van der Waals surface area contributed by atoms with Crippen LogP contribution in [0.15, 0.2) is 23.1 Å². The minimum absolute atomic E-state index is 0.00335. The molecule has 0 saturated heterocycles. The molecule has 0 unspecified atom stereocenters. The molecule has 1 N–H and O–H groups in total. The molecule has 1 rings (SSSR count). The van der Waals surface area contributed by atoms with Gasteiger partial charge in [0, 0.05) is 16.4 Å². The smallest absolute Gasteiger partial charge is 0.261 e. The lowest BCUT2D eigenvalue weighted by Gasteiger charge is -2.13. The Labute approximate surface area is 118 Å². The van der Waals surface area contributed by atoms with Gasteiger partial charge in [-0.3, -0.25) is 4.72 Å². The van der Waals surface area contributed by atoms with Gasteiger partial charge in [0.2, 0.25) is 10.0 Å². The number of rotatable bonds is 5. The Bertz CT molecular complexity index is 666. The summed E-state index contributed by atoms with van der Waals surface area (Å²) in [4.78, 5) is 0.00335. The first kappa shape index (κ1) is 16.3. The first-order valence-electron chi connectivity index (χ1n) is 5.66. The Balaban J connectivity index is 3.33. The van der Waals surface area contributed by atoms with Crippen molar-refractivity contribution in [2.45, 2.75) is 31.6 Å². The van der Waals surface area contributed by atoms with Crippen LogP contribution < -0.4 is 4.72 Å². The van der Waals surface area contributed by atoms with Gasteiger partial charge in [0.1, 0.15) is 0 Å². The molecule has 5 nitrogen and oxygen atoms in total. The Morgan fingerprint density at radius 1 is 1.21 bits per heavy atom. The lowest BCUT2D eigenvalue weighted by Crippen LogP contribution is -2.15. The van der Waals surface area contributed by atoms with E-state index in [1.54, 1.807) is 13.8 Å². The van der Waals surface area contributed by atoms with Crippen molar-refractivity contribution in [2.24, 2.45) is 0 Å². The third-order valence-corrected chi connectivity index (χ3v) is 5.25. The summed E-state index contributed by atoms with van der Waals surface area (Å²) in [7, 11) is -1.89. The fraction of sp³-hybridized carbons (Fsp3) is 0.455. The van der Waals surface area contributed by atoms with E-state index in [1.165, 1.54) is 25.1 Å². The standard InChI is InChI=1S/C11H16ClNO4S2/c1-4-18(14,15)13-9-5-6-11(19(12,16)17)10(7-9)8(2)3/h5-8,13H,4H2,1-3H3. The first-order valence-corrected chi connectivity index (χ1v) is 9.62. The van der Waals surface area contributed by atoms with E-state index in [4.69, 9.17) is 10.7 Å². The van der Waals surface area contributed by atoms with Gasteiger partial charge in [-0.1, -0.05) is 13.8 Å². The van der Waals surface area contributed by atoms with Gasteiger partial charge in [-0.2, -0.15) is 0 Å². The molecule has 0 bridgehead atoms. The van der Waals surface area contributed by atoms with Crippen LogP contribution in [0.25, 0.3) is 0 Å². The molecular formula is C11H16ClNO4S2. The highest BCUT2D eigenvalue weighted by Crippen LogP contribution is 2.29. The molecule has 1 aromatic carbocycles. The van der Waals surface area contributed by atoms with E-state index in [0.29, 0.717) is 11.3 Å². The molecule has 19 heavy (non-hydrogen) atoms. The van der Waals surface area contributed by atoms with E-state index in [9.17, 15) is 16.8 Å². The first-order chi connectivity index (χ1) is 8.57. The van der Waals surface area contributed by atoms with Crippen LogP contribution in [0, 0.1) is 0 Å². The highest BCUT2D eigenvalue weighted by molar-refractivity contribution is 8.13. The van der Waals surface area contributed by atoms with Crippen LogP contribution in [0.3, 0.4) is 0 Å². The molecule has 0 aliphatic rings. The van der Waals surface area contributed by atoms with Crippen LogP contribution in [0.2, 0.25) is 0 Å². The topological polar surface area (TPSA) is 80.3 Å². The minimum atomic E-state index is -3.85. The van der Waals surface area contributed by atoms with Crippen molar-refractivity contribution in [1.82, 2.24) is 0 Å². The molecule has 0 heterocycles. The van der Waals surface area contributed by atoms with Crippen LogP contribution in [0.4, 0.5) is 5.69 Å². The molecule has 0 aliphatic carbocycles. The van der Waals surface area contributed by atoms with Gasteiger partial charge < -0.3 is 0 Å². The minimum Gasteiger partial charge on any atom is -0.284 e. The van der Waals surface area contributed by atoms with Crippen molar-refractivity contribution in [2.75, 3.05) is 10.5 Å². The number of benzene rings is 1. The summed E-state index contributed by atoms with van der Waals surface area (Å²) in [6.45, 7) is 5.13.